The average Bonchev–Trinajstić information content (AvgIpc) is 3.11. The lowest BCUT2D eigenvalue weighted by Gasteiger charge is -2.20. The van der Waals surface area contributed by atoms with Gasteiger partial charge in [0.15, 0.2) is 0 Å². The Bertz CT molecular complexity index is 357. The molecule has 1 aliphatic carbocycles. The van der Waals surface area contributed by atoms with Gasteiger partial charge in [0.1, 0.15) is 0 Å². The molecule has 0 amide bonds. The third-order valence-corrected chi connectivity index (χ3v) is 3.28. The highest BCUT2D eigenvalue weighted by atomic mass is 19.4. The molecular formula is C14H18F3N. The van der Waals surface area contributed by atoms with Crippen molar-refractivity contribution in [1.82, 2.24) is 5.32 Å². The minimum Gasteiger partial charge on any atom is -0.310 e. The number of halogens is 3. The summed E-state index contributed by atoms with van der Waals surface area (Å²) >= 11 is 0. The predicted molar refractivity (Wildman–Crippen MR) is 65.2 cm³/mol. The Labute approximate surface area is 105 Å². The summed E-state index contributed by atoms with van der Waals surface area (Å²) in [5.74, 6) is 0.736. The SMILES string of the molecule is FC(F)(F)CC(NCCC1CC1)c1ccccc1. The van der Waals surface area contributed by atoms with Gasteiger partial charge in [-0.2, -0.15) is 13.2 Å². The molecule has 0 spiro atoms. The molecule has 0 aliphatic heterocycles. The van der Waals surface area contributed by atoms with Crippen LogP contribution in [0.1, 0.15) is 37.3 Å². The van der Waals surface area contributed by atoms with E-state index in [1.165, 1.54) is 12.8 Å². The van der Waals surface area contributed by atoms with Crippen LogP contribution in [-0.4, -0.2) is 12.7 Å². The van der Waals surface area contributed by atoms with E-state index in [2.05, 4.69) is 5.32 Å². The van der Waals surface area contributed by atoms with Crippen LogP contribution in [0.15, 0.2) is 30.3 Å². The van der Waals surface area contributed by atoms with E-state index in [9.17, 15) is 13.2 Å². The molecule has 4 heteroatoms. The second-order valence-electron chi connectivity index (χ2n) is 4.97. The molecule has 1 fully saturated rings. The zero-order valence-electron chi connectivity index (χ0n) is 10.2. The monoisotopic (exact) mass is 257 g/mol. The number of nitrogens with one attached hydrogen (secondary N) is 1. The standard InChI is InChI=1S/C14H18F3N/c15-14(16,17)10-13(12-4-2-1-3-5-12)18-9-8-11-6-7-11/h1-5,11,13,18H,6-10H2. The summed E-state index contributed by atoms with van der Waals surface area (Å²) in [7, 11) is 0. The molecule has 1 N–H and O–H groups in total. The van der Waals surface area contributed by atoms with Gasteiger partial charge in [-0.3, -0.25) is 0 Å². The van der Waals surface area contributed by atoms with Crippen LogP contribution in [0.4, 0.5) is 13.2 Å². The molecule has 1 aromatic rings. The van der Waals surface area contributed by atoms with Gasteiger partial charge in [0.25, 0.3) is 0 Å². The van der Waals surface area contributed by atoms with Crippen LogP contribution in [-0.2, 0) is 0 Å². The van der Waals surface area contributed by atoms with Gasteiger partial charge in [-0.05, 0) is 24.4 Å². The minimum absolute atomic E-state index is 0.620. The van der Waals surface area contributed by atoms with E-state index in [1.807, 2.05) is 6.07 Å². The smallest absolute Gasteiger partial charge is 0.310 e. The first-order chi connectivity index (χ1) is 8.54. The highest BCUT2D eigenvalue weighted by Gasteiger charge is 2.32. The predicted octanol–water partition coefficient (Wildman–Crippen LogP) is 4.07. The summed E-state index contributed by atoms with van der Waals surface area (Å²) in [5.41, 5.74) is 0.714. The molecular weight excluding hydrogens is 239 g/mol. The van der Waals surface area contributed by atoms with Gasteiger partial charge < -0.3 is 5.32 Å². The zero-order chi connectivity index (χ0) is 13.0. The normalized spacial score (nSPS) is 17.7. The van der Waals surface area contributed by atoms with Crippen LogP contribution in [0.2, 0.25) is 0 Å². The average molecular weight is 257 g/mol. The Morgan fingerprint density at radius 3 is 2.39 bits per heavy atom. The molecule has 1 aromatic carbocycles. The van der Waals surface area contributed by atoms with Crippen molar-refractivity contribution in [3.63, 3.8) is 0 Å². The molecule has 1 nitrogen and oxygen atoms in total. The number of hydrogen-bond donors (Lipinski definition) is 1. The summed E-state index contributed by atoms with van der Waals surface area (Å²) in [6.45, 7) is 0.667. The van der Waals surface area contributed by atoms with Gasteiger partial charge in [0.05, 0.1) is 6.42 Å². The molecule has 0 aromatic heterocycles. The van der Waals surface area contributed by atoms with Crippen molar-refractivity contribution in [2.45, 2.75) is 37.9 Å². The highest BCUT2D eigenvalue weighted by Crippen LogP contribution is 2.33. The number of hydrogen-bond acceptors (Lipinski definition) is 1. The molecule has 0 radical (unpaired) electrons. The van der Waals surface area contributed by atoms with Gasteiger partial charge in [0, 0.05) is 6.04 Å². The molecule has 18 heavy (non-hydrogen) atoms. The van der Waals surface area contributed by atoms with Crippen molar-refractivity contribution >= 4 is 0 Å². The highest BCUT2D eigenvalue weighted by molar-refractivity contribution is 5.19. The number of benzene rings is 1. The van der Waals surface area contributed by atoms with E-state index in [4.69, 9.17) is 0 Å². The van der Waals surface area contributed by atoms with Crippen LogP contribution in [0.25, 0.3) is 0 Å². The van der Waals surface area contributed by atoms with E-state index in [1.54, 1.807) is 24.3 Å². The molecule has 1 aliphatic rings. The summed E-state index contributed by atoms with van der Waals surface area (Å²) in [5, 5.41) is 3.04. The van der Waals surface area contributed by atoms with Crippen molar-refractivity contribution in [2.75, 3.05) is 6.54 Å². The van der Waals surface area contributed by atoms with Crippen molar-refractivity contribution in [2.24, 2.45) is 5.92 Å². The Morgan fingerprint density at radius 2 is 1.83 bits per heavy atom. The fourth-order valence-corrected chi connectivity index (χ4v) is 2.09. The molecule has 0 heterocycles. The maximum absolute atomic E-state index is 12.5. The zero-order valence-corrected chi connectivity index (χ0v) is 10.2. The topological polar surface area (TPSA) is 12.0 Å². The second-order valence-corrected chi connectivity index (χ2v) is 4.97. The Balaban J connectivity index is 1.92. The van der Waals surface area contributed by atoms with Crippen molar-refractivity contribution in [1.29, 1.82) is 0 Å². The van der Waals surface area contributed by atoms with Gasteiger partial charge >= 0.3 is 6.18 Å². The molecule has 100 valence electrons. The van der Waals surface area contributed by atoms with Crippen molar-refractivity contribution in [3.05, 3.63) is 35.9 Å². The van der Waals surface area contributed by atoms with E-state index in [0.717, 1.165) is 12.3 Å². The Morgan fingerprint density at radius 1 is 1.17 bits per heavy atom. The van der Waals surface area contributed by atoms with Crippen molar-refractivity contribution in [3.8, 4) is 0 Å². The van der Waals surface area contributed by atoms with Crippen LogP contribution in [0.5, 0.6) is 0 Å². The summed E-state index contributed by atoms with van der Waals surface area (Å²) in [4.78, 5) is 0. The van der Waals surface area contributed by atoms with Crippen LogP contribution in [0.3, 0.4) is 0 Å². The second kappa shape index (κ2) is 5.74. The summed E-state index contributed by atoms with van der Waals surface area (Å²) in [6.07, 6.45) is -1.48. The van der Waals surface area contributed by atoms with Gasteiger partial charge in [-0.15, -0.1) is 0 Å². The molecule has 2 rings (SSSR count). The van der Waals surface area contributed by atoms with Gasteiger partial charge in [-0.25, -0.2) is 0 Å². The maximum atomic E-state index is 12.5. The first-order valence-corrected chi connectivity index (χ1v) is 6.40. The third-order valence-electron chi connectivity index (χ3n) is 3.28. The minimum atomic E-state index is -4.13. The van der Waals surface area contributed by atoms with Crippen LogP contribution in [0, 0.1) is 5.92 Å². The lowest BCUT2D eigenvalue weighted by molar-refractivity contribution is -0.140. The quantitative estimate of drug-likeness (QED) is 0.810. The summed E-state index contributed by atoms with van der Waals surface area (Å²) < 4.78 is 37.6. The van der Waals surface area contributed by atoms with E-state index in [0.29, 0.717) is 12.1 Å². The van der Waals surface area contributed by atoms with Gasteiger partial charge in [0.2, 0.25) is 0 Å². The van der Waals surface area contributed by atoms with Gasteiger partial charge in [-0.1, -0.05) is 43.2 Å². The summed E-state index contributed by atoms with van der Waals surface area (Å²) in [6, 6.07) is 8.26. The first-order valence-electron chi connectivity index (χ1n) is 6.40. The largest absolute Gasteiger partial charge is 0.390 e. The Kier molecular flexibility index (Phi) is 4.27. The number of rotatable bonds is 6. The molecule has 0 saturated heterocycles. The van der Waals surface area contributed by atoms with Crippen molar-refractivity contribution < 1.29 is 13.2 Å². The molecule has 1 atom stereocenters. The first kappa shape index (κ1) is 13.4. The fraction of sp³-hybridized carbons (Fsp3) is 0.571. The number of alkyl halides is 3. The fourth-order valence-electron chi connectivity index (χ4n) is 2.09. The molecule has 1 saturated carbocycles. The van der Waals surface area contributed by atoms with Crippen LogP contribution < -0.4 is 5.32 Å². The van der Waals surface area contributed by atoms with E-state index >= 15 is 0 Å². The lowest BCUT2D eigenvalue weighted by Crippen LogP contribution is -2.27. The Hall–Kier alpha value is -1.03. The third kappa shape index (κ3) is 4.69. The van der Waals surface area contributed by atoms with E-state index < -0.39 is 18.6 Å². The van der Waals surface area contributed by atoms with E-state index in [-0.39, 0.29) is 0 Å². The lowest BCUT2D eigenvalue weighted by atomic mass is 10.0. The maximum Gasteiger partial charge on any atom is 0.390 e. The van der Waals surface area contributed by atoms with Crippen LogP contribution >= 0.6 is 0 Å². The molecule has 0 bridgehead atoms. The molecule has 1 unspecified atom stereocenters.